The third-order valence-electron chi connectivity index (χ3n) is 1.45. The van der Waals surface area contributed by atoms with Gasteiger partial charge < -0.3 is 5.73 Å². The van der Waals surface area contributed by atoms with E-state index in [0.717, 1.165) is 10.6 Å². The summed E-state index contributed by atoms with van der Waals surface area (Å²) in [5.41, 5.74) is 6.46. The van der Waals surface area contributed by atoms with Gasteiger partial charge in [0.2, 0.25) is 0 Å². The van der Waals surface area contributed by atoms with Crippen LogP contribution in [-0.2, 0) is 0 Å². The number of thiophene rings is 1. The minimum Gasteiger partial charge on any atom is -0.396 e. The quantitative estimate of drug-likeness (QED) is 0.811. The SMILES string of the molecule is CCSc1sc(C#N)c(N)c1SC. The highest BCUT2D eigenvalue weighted by Gasteiger charge is 2.14. The smallest absolute Gasteiger partial charge is 0.130 e. The Balaban J connectivity index is 3.13. The second-order valence-electron chi connectivity index (χ2n) is 2.21. The molecule has 13 heavy (non-hydrogen) atoms. The van der Waals surface area contributed by atoms with Crippen molar-refractivity contribution in [1.82, 2.24) is 0 Å². The Hall–Kier alpha value is -0.310. The Morgan fingerprint density at radius 2 is 2.31 bits per heavy atom. The number of anilines is 1. The maximum Gasteiger partial charge on any atom is 0.130 e. The minimum absolute atomic E-state index is 0.639. The van der Waals surface area contributed by atoms with Crippen molar-refractivity contribution in [2.45, 2.75) is 16.0 Å². The monoisotopic (exact) mass is 230 g/mol. The number of nitrogens with zero attached hydrogens (tertiary/aromatic N) is 1. The van der Waals surface area contributed by atoms with Gasteiger partial charge in [-0.2, -0.15) is 5.26 Å². The van der Waals surface area contributed by atoms with Crippen LogP contribution >= 0.6 is 34.9 Å². The highest BCUT2D eigenvalue weighted by atomic mass is 32.2. The van der Waals surface area contributed by atoms with Crippen molar-refractivity contribution in [3.63, 3.8) is 0 Å². The van der Waals surface area contributed by atoms with Gasteiger partial charge in [0.1, 0.15) is 10.9 Å². The van der Waals surface area contributed by atoms with Gasteiger partial charge in [-0.3, -0.25) is 0 Å². The molecular weight excluding hydrogens is 220 g/mol. The molecular formula is C8H10N2S3. The first kappa shape index (κ1) is 10.8. The average Bonchev–Trinajstić information content (AvgIpc) is 2.43. The van der Waals surface area contributed by atoms with Crippen molar-refractivity contribution >= 4 is 40.5 Å². The van der Waals surface area contributed by atoms with Crippen LogP contribution in [-0.4, -0.2) is 12.0 Å². The molecule has 0 aliphatic heterocycles. The normalized spacial score (nSPS) is 9.92. The van der Waals surface area contributed by atoms with E-state index in [1.165, 1.54) is 15.5 Å². The number of nitriles is 1. The van der Waals surface area contributed by atoms with Crippen LogP contribution in [0.3, 0.4) is 0 Å². The lowest BCUT2D eigenvalue weighted by molar-refractivity contribution is 1.38. The first-order valence-electron chi connectivity index (χ1n) is 3.73. The van der Waals surface area contributed by atoms with Gasteiger partial charge in [-0.05, 0) is 12.0 Å². The lowest BCUT2D eigenvalue weighted by Gasteiger charge is -1.97. The molecule has 0 bridgehead atoms. The summed E-state index contributed by atoms with van der Waals surface area (Å²) in [6.45, 7) is 2.09. The molecule has 0 atom stereocenters. The molecule has 5 heteroatoms. The second kappa shape index (κ2) is 4.80. The zero-order valence-corrected chi connectivity index (χ0v) is 9.91. The Bertz CT molecular complexity index is 338. The van der Waals surface area contributed by atoms with Gasteiger partial charge in [0.15, 0.2) is 0 Å². The number of nitrogens with two attached hydrogens (primary N) is 1. The number of rotatable bonds is 3. The molecule has 0 aliphatic carbocycles. The molecule has 0 saturated heterocycles. The topological polar surface area (TPSA) is 49.8 Å². The summed E-state index contributed by atoms with van der Waals surface area (Å²) < 4.78 is 1.17. The predicted octanol–water partition coefficient (Wildman–Crippen LogP) is 3.04. The molecule has 1 aromatic heterocycles. The molecule has 1 rings (SSSR count). The van der Waals surface area contributed by atoms with Gasteiger partial charge in [0, 0.05) is 0 Å². The van der Waals surface area contributed by atoms with E-state index < -0.39 is 0 Å². The van der Waals surface area contributed by atoms with Gasteiger partial charge in [-0.1, -0.05) is 6.92 Å². The molecule has 0 aromatic carbocycles. The van der Waals surface area contributed by atoms with Crippen LogP contribution in [0.1, 0.15) is 11.8 Å². The molecule has 0 aliphatic rings. The van der Waals surface area contributed by atoms with Crippen LogP contribution in [0.2, 0.25) is 0 Å². The third kappa shape index (κ3) is 2.13. The van der Waals surface area contributed by atoms with Crippen molar-refractivity contribution in [1.29, 1.82) is 5.26 Å². The van der Waals surface area contributed by atoms with Crippen molar-refractivity contribution < 1.29 is 0 Å². The number of hydrogen-bond donors (Lipinski definition) is 1. The van der Waals surface area contributed by atoms with E-state index in [9.17, 15) is 0 Å². The maximum absolute atomic E-state index is 8.78. The predicted molar refractivity (Wildman–Crippen MR) is 61.6 cm³/mol. The van der Waals surface area contributed by atoms with Gasteiger partial charge in [0.05, 0.1) is 14.8 Å². The molecule has 0 fully saturated rings. The van der Waals surface area contributed by atoms with E-state index >= 15 is 0 Å². The molecule has 70 valence electrons. The van der Waals surface area contributed by atoms with E-state index in [2.05, 4.69) is 13.0 Å². The molecule has 0 radical (unpaired) electrons. The Morgan fingerprint density at radius 3 is 2.77 bits per heavy atom. The summed E-state index contributed by atoms with van der Waals surface area (Å²) in [4.78, 5) is 1.70. The molecule has 0 unspecified atom stereocenters. The van der Waals surface area contributed by atoms with E-state index in [1.54, 1.807) is 23.5 Å². The number of nitrogen functional groups attached to an aromatic ring is 1. The van der Waals surface area contributed by atoms with Crippen LogP contribution in [0.5, 0.6) is 0 Å². The summed E-state index contributed by atoms with van der Waals surface area (Å²) in [5.74, 6) is 1.01. The molecule has 0 amide bonds. The van der Waals surface area contributed by atoms with Gasteiger partial charge in [0.25, 0.3) is 0 Å². The van der Waals surface area contributed by atoms with Crippen LogP contribution in [0.15, 0.2) is 9.10 Å². The summed E-state index contributed by atoms with van der Waals surface area (Å²) in [5, 5.41) is 8.78. The van der Waals surface area contributed by atoms with Crippen LogP contribution < -0.4 is 5.73 Å². The largest absolute Gasteiger partial charge is 0.396 e. The van der Waals surface area contributed by atoms with Crippen LogP contribution in [0.4, 0.5) is 5.69 Å². The van der Waals surface area contributed by atoms with Crippen molar-refractivity contribution in [2.75, 3.05) is 17.7 Å². The summed E-state index contributed by atoms with van der Waals surface area (Å²) in [7, 11) is 0. The first-order valence-corrected chi connectivity index (χ1v) is 6.76. The molecule has 2 N–H and O–H groups in total. The molecule has 1 heterocycles. The molecule has 0 spiro atoms. The number of hydrogen-bond acceptors (Lipinski definition) is 5. The summed E-state index contributed by atoms with van der Waals surface area (Å²) >= 11 is 4.85. The van der Waals surface area contributed by atoms with E-state index in [4.69, 9.17) is 11.0 Å². The third-order valence-corrected chi connectivity index (χ3v) is 4.80. The zero-order valence-electron chi connectivity index (χ0n) is 7.46. The molecule has 2 nitrogen and oxygen atoms in total. The van der Waals surface area contributed by atoms with Gasteiger partial charge in [-0.15, -0.1) is 34.9 Å². The van der Waals surface area contributed by atoms with Gasteiger partial charge in [-0.25, -0.2) is 0 Å². The highest BCUT2D eigenvalue weighted by Crippen LogP contribution is 2.42. The Kier molecular flexibility index (Phi) is 3.97. The lowest BCUT2D eigenvalue weighted by Crippen LogP contribution is -1.86. The van der Waals surface area contributed by atoms with Crippen LogP contribution in [0.25, 0.3) is 0 Å². The summed E-state index contributed by atoms with van der Waals surface area (Å²) in [6.07, 6.45) is 1.99. The Morgan fingerprint density at radius 1 is 1.62 bits per heavy atom. The standard InChI is InChI=1S/C8H10N2S3/c1-3-12-8-7(11-2)6(10)5(4-9)13-8/h3,10H2,1-2H3. The summed E-state index contributed by atoms with van der Waals surface area (Å²) in [6, 6.07) is 2.12. The zero-order chi connectivity index (χ0) is 9.84. The molecule has 1 aromatic rings. The van der Waals surface area contributed by atoms with Crippen molar-refractivity contribution in [3.8, 4) is 6.07 Å². The highest BCUT2D eigenvalue weighted by molar-refractivity contribution is 8.03. The average molecular weight is 230 g/mol. The fourth-order valence-corrected chi connectivity index (χ4v) is 4.25. The number of thioether (sulfide) groups is 2. The minimum atomic E-state index is 0.639. The van der Waals surface area contributed by atoms with Crippen molar-refractivity contribution in [3.05, 3.63) is 4.88 Å². The fourth-order valence-electron chi connectivity index (χ4n) is 0.910. The van der Waals surface area contributed by atoms with E-state index in [1.807, 2.05) is 6.26 Å². The maximum atomic E-state index is 8.78. The van der Waals surface area contributed by atoms with E-state index in [-0.39, 0.29) is 0 Å². The second-order valence-corrected chi connectivity index (χ2v) is 5.58. The molecule has 0 saturated carbocycles. The Labute approximate surface area is 90.5 Å². The first-order chi connectivity index (χ1) is 6.24. The van der Waals surface area contributed by atoms with Crippen LogP contribution in [0, 0.1) is 11.3 Å². The van der Waals surface area contributed by atoms with Gasteiger partial charge >= 0.3 is 0 Å². The van der Waals surface area contributed by atoms with E-state index in [0.29, 0.717) is 10.6 Å². The van der Waals surface area contributed by atoms with Crippen molar-refractivity contribution in [2.24, 2.45) is 0 Å². The fraction of sp³-hybridized carbons (Fsp3) is 0.375. The lowest BCUT2D eigenvalue weighted by atomic mass is 10.4.